The first kappa shape index (κ1) is 16.4. The van der Waals surface area contributed by atoms with Crippen LogP contribution in [-0.2, 0) is 4.79 Å². The molecule has 24 heavy (non-hydrogen) atoms. The Morgan fingerprint density at radius 3 is 2.67 bits per heavy atom. The second-order valence-corrected chi connectivity index (χ2v) is 6.38. The van der Waals surface area contributed by atoms with E-state index in [1.807, 2.05) is 36.4 Å². The maximum Gasteiger partial charge on any atom is 0.305 e. The van der Waals surface area contributed by atoms with Gasteiger partial charge in [0.1, 0.15) is 11.5 Å². The molecule has 1 aliphatic heterocycles. The maximum absolute atomic E-state index is 11.0. The summed E-state index contributed by atoms with van der Waals surface area (Å²) in [5.41, 5.74) is 3.41. The highest BCUT2D eigenvalue weighted by Crippen LogP contribution is 2.31. The highest BCUT2D eigenvalue weighted by Gasteiger charge is 2.26. The first-order chi connectivity index (χ1) is 11.5. The Kier molecular flexibility index (Phi) is 4.74. The summed E-state index contributed by atoms with van der Waals surface area (Å²) in [6.45, 7) is 5.04. The zero-order chi connectivity index (χ0) is 17.1. The number of ether oxygens (including phenoxy) is 1. The molecule has 0 spiro atoms. The third-order valence-corrected chi connectivity index (χ3v) is 4.74. The standard InChI is InChI=1S/C20H23NO3/c1-14-5-3-7-19(15(14)2)24-18-10-8-16(9-11-18)21-12-4-6-17(21)13-20(22)23/h3,5,7-11,17H,4,6,12-13H2,1-2H3,(H,22,23). The van der Waals surface area contributed by atoms with E-state index in [4.69, 9.17) is 9.84 Å². The first-order valence-corrected chi connectivity index (χ1v) is 8.37. The van der Waals surface area contributed by atoms with E-state index >= 15 is 0 Å². The van der Waals surface area contributed by atoms with Gasteiger partial charge in [0, 0.05) is 18.3 Å². The lowest BCUT2D eigenvalue weighted by molar-refractivity contribution is -0.137. The van der Waals surface area contributed by atoms with Crippen molar-refractivity contribution in [3.8, 4) is 11.5 Å². The maximum atomic E-state index is 11.0. The van der Waals surface area contributed by atoms with E-state index in [1.165, 1.54) is 5.56 Å². The number of anilines is 1. The molecule has 0 saturated carbocycles. The number of carboxylic acids is 1. The van der Waals surface area contributed by atoms with Gasteiger partial charge in [0.05, 0.1) is 6.42 Å². The summed E-state index contributed by atoms with van der Waals surface area (Å²) in [6, 6.07) is 14.1. The summed E-state index contributed by atoms with van der Waals surface area (Å²) in [5, 5.41) is 9.05. The molecule has 0 amide bonds. The molecule has 1 fully saturated rings. The molecular weight excluding hydrogens is 302 g/mol. The summed E-state index contributed by atoms with van der Waals surface area (Å²) in [6.07, 6.45) is 2.17. The van der Waals surface area contributed by atoms with E-state index in [0.717, 1.165) is 42.1 Å². The topological polar surface area (TPSA) is 49.8 Å². The van der Waals surface area contributed by atoms with E-state index in [1.54, 1.807) is 0 Å². The summed E-state index contributed by atoms with van der Waals surface area (Å²) in [4.78, 5) is 13.2. The smallest absolute Gasteiger partial charge is 0.305 e. The number of aliphatic carboxylic acids is 1. The molecule has 0 aromatic heterocycles. The Balaban J connectivity index is 1.73. The summed E-state index contributed by atoms with van der Waals surface area (Å²) < 4.78 is 5.99. The highest BCUT2D eigenvalue weighted by atomic mass is 16.5. The quantitative estimate of drug-likeness (QED) is 0.877. The third kappa shape index (κ3) is 3.53. The zero-order valence-corrected chi connectivity index (χ0v) is 14.2. The molecule has 0 aliphatic carbocycles. The molecule has 1 heterocycles. The molecule has 126 valence electrons. The average Bonchev–Trinajstić information content (AvgIpc) is 3.00. The number of nitrogens with zero attached hydrogens (tertiary/aromatic N) is 1. The Labute approximate surface area is 142 Å². The van der Waals surface area contributed by atoms with Gasteiger partial charge in [0.15, 0.2) is 0 Å². The van der Waals surface area contributed by atoms with Crippen LogP contribution in [-0.4, -0.2) is 23.7 Å². The molecule has 3 rings (SSSR count). The molecule has 0 bridgehead atoms. The van der Waals surface area contributed by atoms with Crippen molar-refractivity contribution < 1.29 is 14.6 Å². The molecule has 1 saturated heterocycles. The SMILES string of the molecule is Cc1cccc(Oc2ccc(N3CCCC3CC(=O)O)cc2)c1C. The van der Waals surface area contributed by atoms with Crippen LogP contribution in [0.4, 0.5) is 5.69 Å². The number of carboxylic acid groups (broad SMARTS) is 1. The minimum absolute atomic E-state index is 0.0910. The van der Waals surface area contributed by atoms with Crippen molar-refractivity contribution in [1.29, 1.82) is 0 Å². The third-order valence-electron chi connectivity index (χ3n) is 4.74. The predicted molar refractivity (Wildman–Crippen MR) is 95.1 cm³/mol. The normalized spacial score (nSPS) is 17.1. The van der Waals surface area contributed by atoms with Crippen LogP contribution in [0.5, 0.6) is 11.5 Å². The van der Waals surface area contributed by atoms with Gasteiger partial charge in [-0.3, -0.25) is 4.79 Å². The van der Waals surface area contributed by atoms with E-state index in [0.29, 0.717) is 0 Å². The molecule has 2 aromatic carbocycles. The van der Waals surface area contributed by atoms with Gasteiger partial charge in [0.25, 0.3) is 0 Å². The van der Waals surface area contributed by atoms with Gasteiger partial charge in [-0.1, -0.05) is 12.1 Å². The number of benzene rings is 2. The Bertz CT molecular complexity index is 724. The van der Waals surface area contributed by atoms with Crippen LogP contribution in [0.2, 0.25) is 0 Å². The fourth-order valence-electron chi connectivity index (χ4n) is 3.26. The largest absolute Gasteiger partial charge is 0.481 e. The van der Waals surface area contributed by atoms with Gasteiger partial charge < -0.3 is 14.7 Å². The van der Waals surface area contributed by atoms with Crippen molar-refractivity contribution in [2.75, 3.05) is 11.4 Å². The van der Waals surface area contributed by atoms with Crippen molar-refractivity contribution in [2.24, 2.45) is 0 Å². The molecule has 1 N–H and O–H groups in total. The van der Waals surface area contributed by atoms with Crippen LogP contribution in [0.15, 0.2) is 42.5 Å². The van der Waals surface area contributed by atoms with Gasteiger partial charge in [-0.25, -0.2) is 0 Å². The molecule has 1 atom stereocenters. The number of carbonyl (C=O) groups is 1. The van der Waals surface area contributed by atoms with E-state index in [-0.39, 0.29) is 12.5 Å². The van der Waals surface area contributed by atoms with Crippen molar-refractivity contribution >= 4 is 11.7 Å². The monoisotopic (exact) mass is 325 g/mol. The minimum atomic E-state index is -0.734. The zero-order valence-electron chi connectivity index (χ0n) is 14.2. The second-order valence-electron chi connectivity index (χ2n) is 6.38. The molecule has 4 heteroatoms. The lowest BCUT2D eigenvalue weighted by Gasteiger charge is -2.25. The first-order valence-electron chi connectivity index (χ1n) is 8.37. The minimum Gasteiger partial charge on any atom is -0.481 e. The molecule has 4 nitrogen and oxygen atoms in total. The second kappa shape index (κ2) is 6.95. The van der Waals surface area contributed by atoms with Crippen molar-refractivity contribution in [3.05, 3.63) is 53.6 Å². The van der Waals surface area contributed by atoms with Crippen LogP contribution >= 0.6 is 0 Å². The summed E-state index contributed by atoms with van der Waals surface area (Å²) in [7, 11) is 0. The van der Waals surface area contributed by atoms with Gasteiger partial charge in [-0.05, 0) is 68.1 Å². The molecular formula is C20H23NO3. The van der Waals surface area contributed by atoms with Gasteiger partial charge in [0.2, 0.25) is 0 Å². The molecule has 1 aliphatic rings. The number of rotatable bonds is 5. The lowest BCUT2D eigenvalue weighted by Crippen LogP contribution is -2.31. The van der Waals surface area contributed by atoms with Crippen molar-refractivity contribution in [1.82, 2.24) is 0 Å². The van der Waals surface area contributed by atoms with Gasteiger partial charge >= 0.3 is 5.97 Å². The number of hydrogen-bond acceptors (Lipinski definition) is 3. The Morgan fingerprint density at radius 2 is 1.96 bits per heavy atom. The van der Waals surface area contributed by atoms with Crippen LogP contribution in [0.1, 0.15) is 30.4 Å². The Morgan fingerprint density at radius 1 is 1.21 bits per heavy atom. The summed E-state index contributed by atoms with van der Waals surface area (Å²) >= 11 is 0. The van der Waals surface area contributed by atoms with Crippen LogP contribution in [0.3, 0.4) is 0 Å². The predicted octanol–water partition coefficient (Wildman–Crippen LogP) is 4.54. The fourth-order valence-corrected chi connectivity index (χ4v) is 3.26. The van der Waals surface area contributed by atoms with Gasteiger partial charge in [-0.2, -0.15) is 0 Å². The number of aryl methyl sites for hydroxylation is 1. The van der Waals surface area contributed by atoms with Crippen LogP contribution in [0, 0.1) is 13.8 Å². The van der Waals surface area contributed by atoms with E-state index in [2.05, 4.69) is 24.8 Å². The van der Waals surface area contributed by atoms with E-state index in [9.17, 15) is 4.79 Å². The lowest BCUT2D eigenvalue weighted by atomic mass is 10.1. The number of hydrogen-bond donors (Lipinski definition) is 1. The Hall–Kier alpha value is -2.49. The van der Waals surface area contributed by atoms with Crippen molar-refractivity contribution in [2.45, 2.75) is 39.2 Å². The van der Waals surface area contributed by atoms with Crippen LogP contribution in [0.25, 0.3) is 0 Å². The molecule has 1 unspecified atom stereocenters. The van der Waals surface area contributed by atoms with Crippen molar-refractivity contribution in [3.63, 3.8) is 0 Å². The average molecular weight is 325 g/mol. The van der Waals surface area contributed by atoms with Gasteiger partial charge in [-0.15, -0.1) is 0 Å². The highest BCUT2D eigenvalue weighted by molar-refractivity contribution is 5.69. The van der Waals surface area contributed by atoms with E-state index < -0.39 is 5.97 Å². The molecule has 0 radical (unpaired) electrons. The molecule has 2 aromatic rings. The fraction of sp³-hybridized carbons (Fsp3) is 0.350. The van der Waals surface area contributed by atoms with Crippen LogP contribution < -0.4 is 9.64 Å². The summed E-state index contributed by atoms with van der Waals surface area (Å²) in [5.74, 6) is 0.927.